The molecule has 0 bridgehead atoms. The van der Waals surface area contributed by atoms with Crippen molar-refractivity contribution >= 4 is 6.03 Å². The lowest BCUT2D eigenvalue weighted by Gasteiger charge is -2.30. The van der Waals surface area contributed by atoms with Gasteiger partial charge in [0.05, 0.1) is 6.04 Å². The number of carbonyl (C=O) groups is 1. The number of carbonyl (C=O) groups excluding carboxylic acids is 1. The number of hydrogen-bond acceptors (Lipinski definition) is 7. The molecule has 9 nitrogen and oxygen atoms in total. The molecular formula is C17H33N7O2. The van der Waals surface area contributed by atoms with Crippen molar-refractivity contribution in [3.63, 3.8) is 0 Å². The standard InChI is InChI=1S/C17H33N7O2/c1-3-12(2)14(21-17(25)24-10-8-20-9-11-24)16-23-22-15(26-16)13(19)6-4-5-7-18/h12-14,20H,3-11,18-19H2,1-2H3,(H,21,25)/t12-,13-,14-/m0/s1. The monoisotopic (exact) mass is 367 g/mol. The van der Waals surface area contributed by atoms with Crippen molar-refractivity contribution < 1.29 is 9.21 Å². The second-order valence-corrected chi connectivity index (χ2v) is 6.92. The molecule has 6 N–H and O–H groups in total. The molecule has 0 aromatic carbocycles. The highest BCUT2D eigenvalue weighted by Crippen LogP contribution is 2.26. The SMILES string of the molecule is CC[C@H](C)[C@H](NC(=O)N1CCNCC1)c1nnc([C@@H](N)CCCCN)o1. The lowest BCUT2D eigenvalue weighted by Crippen LogP contribution is -2.51. The Balaban J connectivity index is 2.03. The van der Waals surface area contributed by atoms with E-state index in [9.17, 15) is 4.79 Å². The molecule has 0 aliphatic carbocycles. The zero-order valence-corrected chi connectivity index (χ0v) is 15.9. The summed E-state index contributed by atoms with van der Waals surface area (Å²) in [7, 11) is 0. The summed E-state index contributed by atoms with van der Waals surface area (Å²) in [5.74, 6) is 1.01. The molecule has 9 heteroatoms. The van der Waals surface area contributed by atoms with Gasteiger partial charge in [-0.15, -0.1) is 10.2 Å². The Labute approximate surface area is 155 Å². The molecule has 2 amide bonds. The van der Waals surface area contributed by atoms with Crippen LogP contribution < -0.4 is 22.1 Å². The third kappa shape index (κ3) is 5.65. The van der Waals surface area contributed by atoms with Gasteiger partial charge in [0.2, 0.25) is 11.8 Å². The van der Waals surface area contributed by atoms with Gasteiger partial charge in [-0.2, -0.15) is 0 Å². The van der Waals surface area contributed by atoms with Crippen LogP contribution in [0.2, 0.25) is 0 Å². The maximum Gasteiger partial charge on any atom is 0.318 e. The van der Waals surface area contributed by atoms with Crippen molar-refractivity contribution in [2.24, 2.45) is 17.4 Å². The first-order valence-electron chi connectivity index (χ1n) is 9.61. The van der Waals surface area contributed by atoms with E-state index in [1.165, 1.54) is 0 Å². The van der Waals surface area contributed by atoms with Crippen LogP contribution in [0.4, 0.5) is 4.79 Å². The Morgan fingerprint density at radius 3 is 2.65 bits per heavy atom. The van der Waals surface area contributed by atoms with E-state index in [2.05, 4.69) is 34.7 Å². The minimum Gasteiger partial charge on any atom is -0.421 e. The highest BCUT2D eigenvalue weighted by Gasteiger charge is 2.29. The molecule has 0 unspecified atom stereocenters. The predicted molar refractivity (Wildman–Crippen MR) is 99.3 cm³/mol. The highest BCUT2D eigenvalue weighted by atomic mass is 16.4. The van der Waals surface area contributed by atoms with Gasteiger partial charge in [0.15, 0.2) is 0 Å². The summed E-state index contributed by atoms with van der Waals surface area (Å²) in [6.07, 6.45) is 3.47. The van der Waals surface area contributed by atoms with Gasteiger partial charge in [-0.3, -0.25) is 0 Å². The normalized spacial score (nSPS) is 18.4. The largest absolute Gasteiger partial charge is 0.421 e. The van der Waals surface area contributed by atoms with E-state index in [4.69, 9.17) is 15.9 Å². The molecule has 2 heterocycles. The lowest BCUT2D eigenvalue weighted by atomic mass is 9.99. The smallest absolute Gasteiger partial charge is 0.318 e. The van der Waals surface area contributed by atoms with Gasteiger partial charge < -0.3 is 31.4 Å². The summed E-state index contributed by atoms with van der Waals surface area (Å²) >= 11 is 0. The number of rotatable bonds is 9. The molecule has 26 heavy (non-hydrogen) atoms. The number of nitrogens with two attached hydrogens (primary N) is 2. The molecule has 2 rings (SSSR count). The van der Waals surface area contributed by atoms with Crippen molar-refractivity contribution in [3.8, 4) is 0 Å². The number of piperazine rings is 1. The Kier molecular flexibility index (Phi) is 8.27. The quantitative estimate of drug-likeness (QED) is 0.476. The average Bonchev–Trinajstić information content (AvgIpc) is 3.16. The van der Waals surface area contributed by atoms with Crippen molar-refractivity contribution in [1.29, 1.82) is 0 Å². The molecule has 148 valence electrons. The van der Waals surface area contributed by atoms with Crippen molar-refractivity contribution in [2.75, 3.05) is 32.7 Å². The maximum absolute atomic E-state index is 12.6. The fourth-order valence-electron chi connectivity index (χ4n) is 2.93. The Morgan fingerprint density at radius 1 is 1.31 bits per heavy atom. The second-order valence-electron chi connectivity index (χ2n) is 6.92. The molecule has 1 fully saturated rings. The minimum absolute atomic E-state index is 0.0937. The first-order chi connectivity index (χ1) is 12.6. The molecule has 3 atom stereocenters. The van der Waals surface area contributed by atoms with E-state index in [0.717, 1.165) is 38.8 Å². The fraction of sp³-hybridized carbons (Fsp3) is 0.824. The van der Waals surface area contributed by atoms with Crippen LogP contribution in [-0.2, 0) is 0 Å². The Hall–Kier alpha value is -1.71. The summed E-state index contributed by atoms with van der Waals surface area (Å²) in [4.78, 5) is 14.4. The molecule has 0 radical (unpaired) electrons. The molecule has 1 aliphatic heterocycles. The maximum atomic E-state index is 12.6. The summed E-state index contributed by atoms with van der Waals surface area (Å²) in [6, 6.07) is -0.715. The van der Waals surface area contributed by atoms with Gasteiger partial charge in [-0.1, -0.05) is 26.7 Å². The van der Waals surface area contributed by atoms with E-state index in [1.54, 1.807) is 0 Å². The zero-order chi connectivity index (χ0) is 18.9. The van der Waals surface area contributed by atoms with Crippen molar-refractivity contribution in [3.05, 3.63) is 11.8 Å². The van der Waals surface area contributed by atoms with Gasteiger partial charge in [0, 0.05) is 26.2 Å². The van der Waals surface area contributed by atoms with Crippen LogP contribution in [0.1, 0.15) is 63.4 Å². The number of amides is 2. The Bertz CT molecular complexity index is 545. The van der Waals surface area contributed by atoms with Crippen LogP contribution in [0, 0.1) is 5.92 Å². The van der Waals surface area contributed by atoms with Gasteiger partial charge in [0.25, 0.3) is 0 Å². The number of nitrogens with zero attached hydrogens (tertiary/aromatic N) is 3. The van der Waals surface area contributed by atoms with Crippen LogP contribution >= 0.6 is 0 Å². The summed E-state index contributed by atoms with van der Waals surface area (Å²) < 4.78 is 5.83. The van der Waals surface area contributed by atoms with Crippen LogP contribution in [0.15, 0.2) is 4.42 Å². The average molecular weight is 367 g/mol. The van der Waals surface area contributed by atoms with Crippen LogP contribution in [0.25, 0.3) is 0 Å². The van der Waals surface area contributed by atoms with Gasteiger partial charge in [-0.05, 0) is 25.3 Å². The summed E-state index contributed by atoms with van der Waals surface area (Å²) in [6.45, 7) is 7.79. The molecule has 1 aromatic heterocycles. The Morgan fingerprint density at radius 2 is 2.00 bits per heavy atom. The molecule has 1 saturated heterocycles. The number of aromatic nitrogens is 2. The van der Waals surface area contributed by atoms with E-state index in [-0.39, 0.29) is 24.0 Å². The summed E-state index contributed by atoms with van der Waals surface area (Å²) in [5, 5.41) is 14.6. The summed E-state index contributed by atoms with van der Waals surface area (Å²) in [5.41, 5.74) is 11.6. The first kappa shape index (κ1) is 20.6. The van der Waals surface area contributed by atoms with Crippen molar-refractivity contribution in [2.45, 2.75) is 51.6 Å². The molecule has 1 aromatic rings. The molecule has 0 spiro atoms. The van der Waals surface area contributed by atoms with E-state index in [1.807, 2.05) is 4.90 Å². The molecule has 0 saturated carbocycles. The molecule has 1 aliphatic rings. The van der Waals surface area contributed by atoms with E-state index >= 15 is 0 Å². The minimum atomic E-state index is -0.320. The first-order valence-corrected chi connectivity index (χ1v) is 9.61. The number of nitrogens with one attached hydrogen (secondary N) is 2. The van der Waals surface area contributed by atoms with Gasteiger partial charge in [-0.25, -0.2) is 4.79 Å². The fourth-order valence-corrected chi connectivity index (χ4v) is 2.93. The topological polar surface area (TPSA) is 135 Å². The number of urea groups is 1. The zero-order valence-electron chi connectivity index (χ0n) is 15.9. The third-order valence-corrected chi connectivity index (χ3v) is 4.90. The van der Waals surface area contributed by atoms with Gasteiger partial charge in [0.1, 0.15) is 6.04 Å². The molecular weight excluding hydrogens is 334 g/mol. The van der Waals surface area contributed by atoms with Crippen molar-refractivity contribution in [1.82, 2.24) is 25.7 Å². The van der Waals surface area contributed by atoms with Crippen LogP contribution in [-0.4, -0.2) is 53.9 Å². The highest BCUT2D eigenvalue weighted by molar-refractivity contribution is 5.74. The predicted octanol–water partition coefficient (Wildman–Crippen LogP) is 0.900. The van der Waals surface area contributed by atoms with E-state index < -0.39 is 0 Å². The van der Waals surface area contributed by atoms with Crippen LogP contribution in [0.3, 0.4) is 0 Å². The van der Waals surface area contributed by atoms with E-state index in [0.29, 0.717) is 31.4 Å². The second kappa shape index (κ2) is 10.4. The van der Waals surface area contributed by atoms with Crippen LogP contribution in [0.5, 0.6) is 0 Å². The third-order valence-electron chi connectivity index (χ3n) is 4.90. The number of hydrogen-bond donors (Lipinski definition) is 4. The van der Waals surface area contributed by atoms with Gasteiger partial charge >= 0.3 is 6.03 Å². The lowest BCUT2D eigenvalue weighted by molar-refractivity contribution is 0.177. The number of unbranched alkanes of at least 4 members (excludes halogenated alkanes) is 1.